The van der Waals surface area contributed by atoms with Crippen molar-refractivity contribution >= 4 is 28.1 Å². The lowest BCUT2D eigenvalue weighted by molar-refractivity contribution is -0.115. The van der Waals surface area contributed by atoms with Crippen LogP contribution in [0.2, 0.25) is 0 Å². The summed E-state index contributed by atoms with van der Waals surface area (Å²) >= 11 is 1.12. The summed E-state index contributed by atoms with van der Waals surface area (Å²) < 4.78 is 98.7. The first kappa shape index (κ1) is 10.4. The number of benzene rings is 2. The van der Waals surface area contributed by atoms with Crippen LogP contribution in [-0.4, -0.2) is 16.0 Å². The van der Waals surface area contributed by atoms with E-state index in [0.717, 1.165) is 11.3 Å². The lowest BCUT2D eigenvalue weighted by Crippen LogP contribution is -2.14. The molecule has 0 unspecified atom stereocenters. The van der Waals surface area contributed by atoms with E-state index >= 15 is 0 Å². The maximum Gasteiger partial charge on any atom is 0.230 e. The maximum absolute atomic E-state index is 12.4. The van der Waals surface area contributed by atoms with Crippen molar-refractivity contribution in [2.24, 2.45) is 0 Å². The average molecular weight is 422 g/mol. The average Bonchev–Trinajstić information content (AvgIpc) is 3.29. The summed E-state index contributed by atoms with van der Waals surface area (Å²) in [5.74, 6) is -0.674. The summed E-state index contributed by atoms with van der Waals surface area (Å²) in [5, 5.41) is 14.9. The summed E-state index contributed by atoms with van der Waals surface area (Å²) in [6, 6.07) is -4.84. The van der Waals surface area contributed by atoms with Gasteiger partial charge in [-0.15, -0.1) is 11.3 Å². The van der Waals surface area contributed by atoms with Crippen LogP contribution in [-0.2, 0) is 17.6 Å². The quantitative estimate of drug-likeness (QED) is 0.469. The molecule has 6 heteroatoms. The first-order chi connectivity index (χ1) is 18.8. The highest BCUT2D eigenvalue weighted by Crippen LogP contribution is 2.21. The van der Waals surface area contributed by atoms with Crippen molar-refractivity contribution in [1.82, 2.24) is 4.98 Å². The van der Waals surface area contributed by atoms with E-state index in [-0.39, 0.29) is 22.7 Å². The molecule has 0 aliphatic carbocycles. The summed E-state index contributed by atoms with van der Waals surface area (Å²) in [6.45, 7) is 1.34. The number of nitrogens with two attached hydrogens (primary N) is 1. The van der Waals surface area contributed by atoms with Crippen LogP contribution in [0, 0.1) is 6.92 Å². The highest BCUT2D eigenvalue weighted by Gasteiger charge is 2.08. The summed E-state index contributed by atoms with van der Waals surface area (Å²) in [4.78, 5) is 16.4. The van der Waals surface area contributed by atoms with Gasteiger partial charge in [0.1, 0.15) is 0 Å². The van der Waals surface area contributed by atoms with Crippen molar-refractivity contribution in [3.8, 4) is 0 Å². The fourth-order valence-electron chi connectivity index (χ4n) is 2.22. The van der Waals surface area contributed by atoms with Crippen LogP contribution in [0.3, 0.4) is 0 Å². The van der Waals surface area contributed by atoms with Gasteiger partial charge < -0.3 is 16.2 Å². The molecule has 0 bridgehead atoms. The van der Waals surface area contributed by atoms with Crippen molar-refractivity contribution in [1.29, 1.82) is 0 Å². The number of anilines is 2. The Bertz CT molecular complexity index is 1450. The first-order valence-corrected chi connectivity index (χ1v) is 9.51. The van der Waals surface area contributed by atoms with Crippen LogP contribution >= 0.6 is 11.3 Å². The molecule has 152 valence electrons. The SMILES string of the molecule is [2H]c1c([2H])c([C@@H](O)C([2H])([2H])CC([2H])([2H])Cc2c([2H])c([2H])c(NC(=O)Cc3csc(N)n3)c([2H])c2[2H])c([2H])c([2H])c1C. The molecule has 1 amide bonds. The number of aromatic nitrogens is 1. The standard InChI is InChI=1S/C23H27N3O2S/c1-16-6-10-18(11-7-16)21(27)5-3-2-4-17-8-12-19(13-9-17)25-22(28)14-20-15-29-23(24)26-20/h6-13,15,21,27H,2-5,14H2,1H3,(H2,24,26)(H,25,28)/t21-/m0/s1/i2D2,5D2,6D,7D,8D,9D,10D,11D,12D,13D. The lowest BCUT2D eigenvalue weighted by Gasteiger charge is -2.11. The molecule has 0 spiro atoms. The van der Waals surface area contributed by atoms with Gasteiger partial charge in [0.25, 0.3) is 0 Å². The zero-order chi connectivity index (χ0) is 31.2. The molecule has 0 fully saturated rings. The third-order valence-corrected chi connectivity index (χ3v) is 4.34. The second-order valence-electron chi connectivity index (χ2n) is 6.00. The third kappa shape index (κ3) is 6.69. The van der Waals surface area contributed by atoms with E-state index in [1.807, 2.05) is 0 Å². The van der Waals surface area contributed by atoms with E-state index in [1.54, 1.807) is 5.38 Å². The molecule has 3 rings (SSSR count). The molecule has 3 aromatic rings. The Morgan fingerprint density at radius 3 is 2.66 bits per heavy atom. The Morgan fingerprint density at radius 1 is 1.28 bits per heavy atom. The smallest absolute Gasteiger partial charge is 0.230 e. The highest BCUT2D eigenvalue weighted by atomic mass is 32.1. The van der Waals surface area contributed by atoms with E-state index < -0.39 is 97.2 Å². The zero-order valence-electron chi connectivity index (χ0n) is 27.6. The fraction of sp³-hybridized carbons (Fsp3) is 0.304. The predicted octanol–water partition coefficient (Wildman–Crippen LogP) is 4.66. The van der Waals surface area contributed by atoms with E-state index in [1.165, 1.54) is 6.92 Å². The van der Waals surface area contributed by atoms with Gasteiger partial charge in [-0.2, -0.15) is 0 Å². The van der Waals surface area contributed by atoms with Gasteiger partial charge in [0, 0.05) is 16.6 Å². The Balaban J connectivity index is 1.88. The minimum Gasteiger partial charge on any atom is -0.388 e. The number of hydrogen-bond donors (Lipinski definition) is 3. The molecule has 0 radical (unpaired) electrons. The number of nitrogen functional groups attached to an aromatic ring is 1. The fourth-order valence-corrected chi connectivity index (χ4v) is 2.78. The minimum absolute atomic E-state index is 0.00246. The van der Waals surface area contributed by atoms with Crippen LogP contribution < -0.4 is 11.1 Å². The Hall–Kier alpha value is -2.70. The van der Waals surface area contributed by atoms with Crippen molar-refractivity contribution in [2.75, 3.05) is 11.1 Å². The Labute approximate surface area is 192 Å². The molecular weight excluding hydrogens is 382 g/mol. The molecule has 2 aromatic carbocycles. The zero-order valence-corrected chi connectivity index (χ0v) is 16.4. The number of aliphatic hydroxyl groups is 1. The molecule has 0 aliphatic heterocycles. The van der Waals surface area contributed by atoms with Crippen molar-refractivity contribution < 1.29 is 26.4 Å². The lowest BCUT2D eigenvalue weighted by atomic mass is 10.0. The van der Waals surface area contributed by atoms with Gasteiger partial charge in [-0.05, 0) is 49.3 Å². The Kier molecular flexibility index (Phi) is 3.64. The van der Waals surface area contributed by atoms with Crippen molar-refractivity contribution in [3.05, 3.63) is 76.1 Å². The van der Waals surface area contributed by atoms with E-state index in [9.17, 15) is 9.90 Å². The van der Waals surface area contributed by atoms with Crippen LogP contribution in [0.15, 0.2) is 53.7 Å². The van der Waals surface area contributed by atoms with Crippen molar-refractivity contribution in [3.63, 3.8) is 0 Å². The number of hydrogen-bond acceptors (Lipinski definition) is 5. The molecule has 0 aliphatic rings. The highest BCUT2D eigenvalue weighted by molar-refractivity contribution is 7.13. The van der Waals surface area contributed by atoms with Crippen LogP contribution in [0.25, 0.3) is 0 Å². The number of rotatable bonds is 9. The molecule has 1 aromatic heterocycles. The molecule has 0 saturated carbocycles. The number of amides is 1. The summed E-state index contributed by atoms with van der Waals surface area (Å²) in [5.41, 5.74) is 4.45. The molecular formula is C23H27N3O2S. The number of thiazole rings is 1. The number of nitrogens with one attached hydrogen (secondary N) is 1. The normalized spacial score (nSPS) is 18.8. The second kappa shape index (κ2) is 10.2. The first-order valence-electron chi connectivity index (χ1n) is 14.6. The van der Waals surface area contributed by atoms with Crippen molar-refractivity contribution in [2.45, 2.75) is 45.0 Å². The van der Waals surface area contributed by atoms with Gasteiger partial charge in [0.15, 0.2) is 5.13 Å². The molecule has 29 heavy (non-hydrogen) atoms. The summed E-state index contributed by atoms with van der Waals surface area (Å²) in [7, 11) is 0. The molecule has 1 heterocycles. The number of carbonyl (C=O) groups is 1. The summed E-state index contributed by atoms with van der Waals surface area (Å²) in [6.07, 6.45) is -9.73. The van der Waals surface area contributed by atoms with Gasteiger partial charge in [-0.3, -0.25) is 4.79 Å². The second-order valence-corrected chi connectivity index (χ2v) is 6.89. The molecule has 4 N–H and O–H groups in total. The van der Waals surface area contributed by atoms with E-state index in [0.29, 0.717) is 5.69 Å². The number of aliphatic hydroxyl groups excluding tert-OH is 1. The van der Waals surface area contributed by atoms with Crippen LogP contribution in [0.1, 0.15) is 64.1 Å². The maximum atomic E-state index is 12.4. The largest absolute Gasteiger partial charge is 0.388 e. The third-order valence-electron chi connectivity index (χ3n) is 3.62. The van der Waals surface area contributed by atoms with Crippen LogP contribution in [0.4, 0.5) is 10.8 Å². The monoisotopic (exact) mass is 421 g/mol. The number of carbonyl (C=O) groups excluding carboxylic acids is 1. The molecule has 1 atom stereocenters. The molecule has 5 nitrogen and oxygen atoms in total. The Morgan fingerprint density at radius 2 is 2.00 bits per heavy atom. The van der Waals surface area contributed by atoms with Gasteiger partial charge in [-0.1, -0.05) is 48.2 Å². The van der Waals surface area contributed by atoms with Gasteiger partial charge in [-0.25, -0.2) is 4.98 Å². The van der Waals surface area contributed by atoms with Crippen LogP contribution in [0.5, 0.6) is 0 Å². The van der Waals surface area contributed by atoms with E-state index in [2.05, 4.69) is 10.3 Å². The predicted molar refractivity (Wildman–Crippen MR) is 119 cm³/mol. The minimum atomic E-state index is -2.83. The van der Waals surface area contributed by atoms with Gasteiger partial charge >= 0.3 is 0 Å². The van der Waals surface area contributed by atoms with Gasteiger partial charge in [0.2, 0.25) is 5.91 Å². The number of nitrogens with zero attached hydrogens (tertiary/aromatic N) is 1. The van der Waals surface area contributed by atoms with E-state index in [4.69, 9.17) is 22.2 Å². The van der Waals surface area contributed by atoms with Gasteiger partial charge in [0.05, 0.1) is 29.2 Å². The topological polar surface area (TPSA) is 88.2 Å². The molecule has 0 saturated heterocycles.